The summed E-state index contributed by atoms with van der Waals surface area (Å²) in [6.45, 7) is 10.8. The fraction of sp³-hybridized carbons (Fsp3) is 0.471. The highest BCUT2D eigenvalue weighted by atomic mass is 16.3. The summed E-state index contributed by atoms with van der Waals surface area (Å²) in [5, 5.41) is 21.8. The van der Waals surface area contributed by atoms with Gasteiger partial charge < -0.3 is 21.1 Å². The van der Waals surface area contributed by atoms with Crippen molar-refractivity contribution in [1.82, 2.24) is 25.3 Å². The number of rotatable bonds is 7. The molecule has 0 aliphatic carbocycles. The Hall–Kier alpha value is -3.98. The molecule has 43 heavy (non-hydrogen) atoms. The van der Waals surface area contributed by atoms with Gasteiger partial charge in [0.15, 0.2) is 5.82 Å². The molecule has 228 valence electrons. The van der Waals surface area contributed by atoms with Crippen molar-refractivity contribution in [1.29, 1.82) is 0 Å². The number of aromatic hydroxyl groups is 1. The summed E-state index contributed by atoms with van der Waals surface area (Å²) in [6, 6.07) is 17.0. The molecule has 2 unspecified atom stereocenters. The van der Waals surface area contributed by atoms with Crippen LogP contribution in [0.15, 0.2) is 54.6 Å². The molecule has 2 amide bonds. The van der Waals surface area contributed by atoms with E-state index < -0.39 is 6.04 Å². The molecule has 2 atom stereocenters. The molecule has 3 aromatic rings. The Balaban J connectivity index is 1.21. The molecule has 0 spiro atoms. The first-order valence-electron chi connectivity index (χ1n) is 15.4. The number of nitrogen functional groups attached to an aromatic ring is 1. The monoisotopic (exact) mass is 584 g/mol. The van der Waals surface area contributed by atoms with Crippen LogP contribution >= 0.6 is 0 Å². The predicted molar refractivity (Wildman–Crippen MR) is 169 cm³/mol. The zero-order valence-electron chi connectivity index (χ0n) is 25.7. The predicted octanol–water partition coefficient (Wildman–Crippen LogP) is 4.82. The van der Waals surface area contributed by atoms with Gasteiger partial charge >= 0.3 is 0 Å². The highest BCUT2D eigenvalue weighted by Crippen LogP contribution is 2.35. The Morgan fingerprint density at radius 3 is 2.42 bits per heavy atom. The van der Waals surface area contributed by atoms with E-state index in [9.17, 15) is 14.7 Å². The van der Waals surface area contributed by atoms with E-state index in [0.29, 0.717) is 23.0 Å². The van der Waals surface area contributed by atoms with Crippen LogP contribution in [0.3, 0.4) is 0 Å². The topological polar surface area (TPSA) is 125 Å². The number of para-hydroxylation sites is 1. The molecule has 2 aliphatic rings. The fourth-order valence-electron chi connectivity index (χ4n) is 6.32. The van der Waals surface area contributed by atoms with E-state index in [-0.39, 0.29) is 35.6 Å². The van der Waals surface area contributed by atoms with Crippen LogP contribution in [0.25, 0.3) is 22.4 Å². The first-order valence-corrected chi connectivity index (χ1v) is 15.4. The van der Waals surface area contributed by atoms with E-state index in [4.69, 9.17) is 5.73 Å². The molecule has 0 radical (unpaired) electrons. The number of hydrogen-bond donors (Lipinski definition) is 3. The third kappa shape index (κ3) is 6.99. The van der Waals surface area contributed by atoms with Gasteiger partial charge in [0, 0.05) is 23.7 Å². The molecule has 2 saturated heterocycles. The average Bonchev–Trinajstić information content (AvgIpc) is 3.42. The van der Waals surface area contributed by atoms with Gasteiger partial charge in [-0.25, -0.2) is 0 Å². The van der Waals surface area contributed by atoms with Crippen LogP contribution in [-0.4, -0.2) is 75.2 Å². The smallest absolute Gasteiger partial charge is 0.245 e. The molecular weight excluding hydrogens is 540 g/mol. The number of nitrogens with zero attached hydrogens (tertiary/aromatic N) is 4. The van der Waals surface area contributed by atoms with Crippen LogP contribution in [0.5, 0.6) is 5.75 Å². The maximum atomic E-state index is 13.4. The Kier molecular flexibility index (Phi) is 9.01. The third-order valence-electron chi connectivity index (χ3n) is 8.88. The van der Waals surface area contributed by atoms with Crippen LogP contribution in [0.1, 0.15) is 64.9 Å². The molecule has 9 nitrogen and oxygen atoms in total. The number of phenols is 1. The Morgan fingerprint density at radius 1 is 1.00 bits per heavy atom. The second-order valence-corrected chi connectivity index (χ2v) is 13.1. The summed E-state index contributed by atoms with van der Waals surface area (Å²) in [4.78, 5) is 30.6. The summed E-state index contributed by atoms with van der Waals surface area (Å²) in [6.07, 6.45) is 3.88. The lowest BCUT2D eigenvalue weighted by molar-refractivity contribution is -0.140. The van der Waals surface area contributed by atoms with Gasteiger partial charge in [-0.2, -0.15) is 0 Å². The van der Waals surface area contributed by atoms with Gasteiger partial charge in [-0.05, 0) is 86.4 Å². The van der Waals surface area contributed by atoms with Crippen molar-refractivity contribution in [2.75, 3.05) is 31.9 Å². The SMILES string of the molecule is CC1CCCN1C(=O)C(NC(=O)CN1CCC(c2cccc(-c3cc(-c4ccccc4O)nnc3N)c2)CC1)C(C)(C)C. The van der Waals surface area contributed by atoms with Crippen molar-refractivity contribution in [3.8, 4) is 28.1 Å². The van der Waals surface area contributed by atoms with Gasteiger partial charge in [-0.1, -0.05) is 57.2 Å². The van der Waals surface area contributed by atoms with E-state index in [0.717, 1.165) is 56.4 Å². The van der Waals surface area contributed by atoms with Gasteiger partial charge in [0.05, 0.1) is 12.2 Å². The molecule has 4 N–H and O–H groups in total. The maximum Gasteiger partial charge on any atom is 0.245 e. The van der Waals surface area contributed by atoms with E-state index in [1.54, 1.807) is 18.2 Å². The lowest BCUT2D eigenvalue weighted by Gasteiger charge is -2.36. The number of piperidine rings is 1. The first-order chi connectivity index (χ1) is 20.5. The quantitative estimate of drug-likeness (QED) is 0.364. The number of amides is 2. The minimum atomic E-state index is -0.540. The number of benzene rings is 2. The zero-order chi connectivity index (χ0) is 30.7. The Morgan fingerprint density at radius 2 is 1.74 bits per heavy atom. The fourth-order valence-corrected chi connectivity index (χ4v) is 6.32. The molecule has 5 rings (SSSR count). The zero-order valence-corrected chi connectivity index (χ0v) is 25.7. The first kappa shape index (κ1) is 30.5. The van der Waals surface area contributed by atoms with Crippen LogP contribution in [0.4, 0.5) is 5.82 Å². The number of nitrogens with two attached hydrogens (primary N) is 1. The van der Waals surface area contributed by atoms with Crippen molar-refractivity contribution in [3.05, 3.63) is 60.2 Å². The Bertz CT molecular complexity index is 1460. The second kappa shape index (κ2) is 12.7. The molecule has 2 fully saturated rings. The summed E-state index contributed by atoms with van der Waals surface area (Å²) >= 11 is 0. The molecule has 0 saturated carbocycles. The van der Waals surface area contributed by atoms with Crippen LogP contribution in [0.2, 0.25) is 0 Å². The van der Waals surface area contributed by atoms with E-state index in [1.165, 1.54) is 5.56 Å². The van der Waals surface area contributed by atoms with E-state index in [1.807, 2.05) is 49.9 Å². The number of carbonyl (C=O) groups is 2. The summed E-state index contributed by atoms with van der Waals surface area (Å²) in [5.41, 5.74) is 9.99. The van der Waals surface area contributed by atoms with Gasteiger partial charge in [-0.3, -0.25) is 14.5 Å². The molecule has 2 aromatic carbocycles. The van der Waals surface area contributed by atoms with Gasteiger partial charge in [0.25, 0.3) is 0 Å². The van der Waals surface area contributed by atoms with E-state index >= 15 is 0 Å². The minimum absolute atomic E-state index is 0.0298. The second-order valence-electron chi connectivity index (χ2n) is 13.1. The normalized spacial score (nSPS) is 18.9. The Labute approximate surface area is 254 Å². The average molecular weight is 585 g/mol. The number of carbonyl (C=O) groups excluding carboxylic acids is 2. The number of likely N-dealkylation sites (tertiary alicyclic amines) is 2. The molecule has 9 heteroatoms. The lowest BCUT2D eigenvalue weighted by atomic mass is 9.85. The van der Waals surface area contributed by atoms with E-state index in [2.05, 4.69) is 39.5 Å². The number of phenolic OH excluding ortho intramolecular Hbond substituents is 1. The third-order valence-corrected chi connectivity index (χ3v) is 8.88. The molecule has 3 heterocycles. The highest BCUT2D eigenvalue weighted by molar-refractivity contribution is 5.89. The van der Waals surface area contributed by atoms with Crippen LogP contribution in [0, 0.1) is 5.41 Å². The van der Waals surface area contributed by atoms with Crippen molar-refractivity contribution < 1.29 is 14.7 Å². The molecular formula is C34H44N6O3. The summed E-state index contributed by atoms with van der Waals surface area (Å²) < 4.78 is 0. The number of hydrogen-bond acceptors (Lipinski definition) is 7. The van der Waals surface area contributed by atoms with Crippen molar-refractivity contribution >= 4 is 17.6 Å². The maximum absolute atomic E-state index is 13.4. The van der Waals surface area contributed by atoms with Crippen molar-refractivity contribution in [3.63, 3.8) is 0 Å². The van der Waals surface area contributed by atoms with Crippen molar-refractivity contribution in [2.45, 2.75) is 71.4 Å². The van der Waals surface area contributed by atoms with Crippen LogP contribution < -0.4 is 11.1 Å². The lowest BCUT2D eigenvalue weighted by Crippen LogP contribution is -2.57. The van der Waals surface area contributed by atoms with Crippen molar-refractivity contribution in [2.24, 2.45) is 5.41 Å². The molecule has 1 aromatic heterocycles. The minimum Gasteiger partial charge on any atom is -0.507 e. The standard InChI is InChI=1S/C34H44N6O3/c1-22-9-8-16-40(22)33(43)31(34(2,3)4)36-30(42)21-39-17-14-23(15-18-39)24-10-7-11-25(19-24)27-20-28(37-38-32(27)35)26-12-5-6-13-29(26)41/h5-7,10-13,19-20,22-23,31,41H,8-9,14-18,21H2,1-4H3,(H2,35,38)(H,36,42). The molecule has 0 bridgehead atoms. The molecule has 2 aliphatic heterocycles. The number of nitrogens with one attached hydrogen (secondary N) is 1. The summed E-state index contributed by atoms with van der Waals surface area (Å²) in [5.74, 6) is 0.768. The van der Waals surface area contributed by atoms with Crippen LogP contribution in [-0.2, 0) is 9.59 Å². The van der Waals surface area contributed by atoms with Gasteiger partial charge in [0.2, 0.25) is 11.8 Å². The number of aromatic nitrogens is 2. The number of anilines is 1. The largest absolute Gasteiger partial charge is 0.507 e. The highest BCUT2D eigenvalue weighted by Gasteiger charge is 2.38. The summed E-state index contributed by atoms with van der Waals surface area (Å²) in [7, 11) is 0. The van der Waals surface area contributed by atoms with Gasteiger partial charge in [0.1, 0.15) is 11.8 Å². The van der Waals surface area contributed by atoms with Gasteiger partial charge in [-0.15, -0.1) is 10.2 Å².